The third-order valence-corrected chi connectivity index (χ3v) is 6.59. The maximum absolute atomic E-state index is 13.1. The Hall–Kier alpha value is -2.73. The number of hydrogen-bond donors (Lipinski definition) is 0. The van der Waals surface area contributed by atoms with Gasteiger partial charge in [-0.1, -0.05) is 22.7 Å². The van der Waals surface area contributed by atoms with Crippen molar-refractivity contribution in [2.75, 3.05) is 46.3 Å². The second kappa shape index (κ2) is 11.9. The highest BCUT2D eigenvalue weighted by atomic mass is 35.5. The Kier molecular flexibility index (Phi) is 9.59. The van der Waals surface area contributed by atoms with Gasteiger partial charge in [0.05, 0.1) is 29.4 Å². The number of methoxy groups -OCH3 is 2. The van der Waals surface area contributed by atoms with E-state index in [4.69, 9.17) is 9.47 Å². The summed E-state index contributed by atoms with van der Waals surface area (Å²) < 4.78 is 11.6. The largest absolute Gasteiger partial charge is 0.493 e. The molecule has 9 nitrogen and oxygen atoms in total. The Morgan fingerprint density at radius 2 is 1.85 bits per heavy atom. The molecule has 33 heavy (non-hydrogen) atoms. The number of amides is 1. The van der Waals surface area contributed by atoms with E-state index in [9.17, 15) is 14.9 Å². The van der Waals surface area contributed by atoms with Gasteiger partial charge in [0.2, 0.25) is 0 Å². The quantitative estimate of drug-likeness (QED) is 0.220. The van der Waals surface area contributed by atoms with Gasteiger partial charge in [-0.2, -0.15) is 0 Å². The molecule has 0 aliphatic heterocycles. The molecule has 0 aliphatic rings. The van der Waals surface area contributed by atoms with Crippen LogP contribution < -0.4 is 14.4 Å². The molecule has 0 atom stereocenters. The zero-order chi connectivity index (χ0) is 23.3. The first-order valence-electron chi connectivity index (χ1n) is 9.73. The maximum atomic E-state index is 13.1. The molecule has 2 heterocycles. The van der Waals surface area contributed by atoms with E-state index >= 15 is 0 Å². The van der Waals surface area contributed by atoms with Crippen LogP contribution in [0.3, 0.4) is 0 Å². The number of benzene rings is 1. The minimum Gasteiger partial charge on any atom is -0.493 e. The number of ether oxygens (including phenoxy) is 2. The zero-order valence-electron chi connectivity index (χ0n) is 18.6. The van der Waals surface area contributed by atoms with Crippen molar-refractivity contribution >= 4 is 67.4 Å². The lowest BCUT2D eigenvalue weighted by Crippen LogP contribution is -2.32. The topological polar surface area (TPSA) is 98.0 Å². The van der Waals surface area contributed by atoms with Gasteiger partial charge in [0.15, 0.2) is 16.6 Å². The summed E-state index contributed by atoms with van der Waals surface area (Å²) in [6.07, 6.45) is 3.79. The first kappa shape index (κ1) is 26.5. The molecular weight excluding hydrogens is 488 g/mol. The second-order valence-electron chi connectivity index (χ2n) is 7.08. The smallest absolute Gasteiger partial charge is 0.324 e. The van der Waals surface area contributed by atoms with E-state index in [0.29, 0.717) is 33.6 Å². The van der Waals surface area contributed by atoms with E-state index in [2.05, 4.69) is 9.88 Å². The van der Waals surface area contributed by atoms with Gasteiger partial charge in [-0.05, 0) is 39.2 Å². The zero-order valence-corrected chi connectivity index (χ0v) is 21.1. The summed E-state index contributed by atoms with van der Waals surface area (Å²) in [7, 11) is 7.09. The normalized spacial score (nSPS) is 11.1. The van der Waals surface area contributed by atoms with Crippen molar-refractivity contribution in [1.29, 1.82) is 0 Å². The van der Waals surface area contributed by atoms with Gasteiger partial charge in [-0.15, -0.1) is 12.4 Å². The molecule has 1 amide bonds. The van der Waals surface area contributed by atoms with E-state index in [1.54, 1.807) is 37.3 Å². The summed E-state index contributed by atoms with van der Waals surface area (Å²) in [5.74, 6) is 0.930. The molecular formula is C21H25ClN4O5S2. The third kappa shape index (κ3) is 6.64. The maximum Gasteiger partial charge on any atom is 0.324 e. The van der Waals surface area contributed by atoms with Crippen molar-refractivity contribution in [2.24, 2.45) is 0 Å². The average molecular weight is 513 g/mol. The molecule has 0 bridgehead atoms. The molecule has 0 radical (unpaired) electrons. The van der Waals surface area contributed by atoms with Gasteiger partial charge in [0, 0.05) is 35.7 Å². The standard InChI is InChI=1S/C21H24N4O5S2.ClH/c1-23(2)10-5-11-24(19(26)8-6-14-7-9-20(31-14)25(27)28)21-22-15-12-16(29-3)17(30-4)13-18(15)32-21;/h6-9,12-13H,5,10-11H2,1-4H3;1H. The number of carbonyl (C=O) groups excluding carboxylic acids is 1. The van der Waals surface area contributed by atoms with E-state index in [1.165, 1.54) is 23.5 Å². The Morgan fingerprint density at radius 1 is 1.15 bits per heavy atom. The van der Waals surface area contributed by atoms with Crippen LogP contribution in [-0.4, -0.2) is 62.1 Å². The molecule has 0 spiro atoms. The Bertz CT molecular complexity index is 1100. The summed E-state index contributed by atoms with van der Waals surface area (Å²) in [5, 5.41) is 11.5. The van der Waals surface area contributed by atoms with E-state index < -0.39 is 4.92 Å². The van der Waals surface area contributed by atoms with Crippen LogP contribution in [0.4, 0.5) is 10.1 Å². The number of nitro groups is 1. The number of rotatable bonds is 10. The number of nitrogens with zero attached hydrogens (tertiary/aromatic N) is 4. The number of anilines is 1. The first-order chi connectivity index (χ1) is 15.3. The highest BCUT2D eigenvalue weighted by molar-refractivity contribution is 7.22. The average Bonchev–Trinajstić information content (AvgIpc) is 3.40. The molecule has 0 saturated heterocycles. The van der Waals surface area contributed by atoms with Crippen molar-refractivity contribution in [3.05, 3.63) is 45.3 Å². The lowest BCUT2D eigenvalue weighted by atomic mass is 10.3. The van der Waals surface area contributed by atoms with Crippen molar-refractivity contribution in [2.45, 2.75) is 6.42 Å². The van der Waals surface area contributed by atoms with Crippen LogP contribution in [0.1, 0.15) is 11.3 Å². The van der Waals surface area contributed by atoms with Gasteiger partial charge in [-0.3, -0.25) is 19.8 Å². The number of thiazole rings is 1. The number of halogens is 1. The summed E-state index contributed by atoms with van der Waals surface area (Å²) in [5.41, 5.74) is 0.714. The third-order valence-electron chi connectivity index (χ3n) is 4.55. The van der Waals surface area contributed by atoms with Crippen LogP contribution in [-0.2, 0) is 4.79 Å². The van der Waals surface area contributed by atoms with Gasteiger partial charge >= 0.3 is 5.00 Å². The fourth-order valence-corrected chi connectivity index (χ4v) is 4.71. The van der Waals surface area contributed by atoms with Crippen LogP contribution in [0.15, 0.2) is 30.3 Å². The van der Waals surface area contributed by atoms with Crippen molar-refractivity contribution in [1.82, 2.24) is 9.88 Å². The number of thiophene rings is 1. The van der Waals surface area contributed by atoms with Crippen molar-refractivity contribution in [3.8, 4) is 11.5 Å². The van der Waals surface area contributed by atoms with Gasteiger partial charge < -0.3 is 14.4 Å². The molecule has 3 rings (SSSR count). The number of fused-ring (bicyclic) bond motifs is 1. The van der Waals surface area contributed by atoms with Crippen LogP contribution in [0.2, 0.25) is 0 Å². The fourth-order valence-electron chi connectivity index (χ4n) is 2.98. The van der Waals surface area contributed by atoms with E-state index in [-0.39, 0.29) is 23.3 Å². The van der Waals surface area contributed by atoms with Crippen LogP contribution in [0.25, 0.3) is 16.3 Å². The van der Waals surface area contributed by atoms with Gasteiger partial charge in [0.1, 0.15) is 0 Å². The molecule has 2 aromatic heterocycles. The number of hydrogen-bond acceptors (Lipinski definition) is 9. The second-order valence-corrected chi connectivity index (χ2v) is 9.19. The highest BCUT2D eigenvalue weighted by Crippen LogP contribution is 2.37. The Morgan fingerprint density at radius 3 is 2.45 bits per heavy atom. The molecule has 0 N–H and O–H groups in total. The number of carbonyl (C=O) groups is 1. The minimum atomic E-state index is -0.443. The predicted octanol–water partition coefficient (Wildman–Crippen LogP) is 4.70. The van der Waals surface area contributed by atoms with E-state index in [1.807, 2.05) is 20.2 Å². The van der Waals surface area contributed by atoms with Crippen LogP contribution in [0.5, 0.6) is 11.5 Å². The summed E-state index contributed by atoms with van der Waals surface area (Å²) >= 11 is 2.42. The lowest BCUT2D eigenvalue weighted by molar-refractivity contribution is -0.380. The molecule has 178 valence electrons. The molecule has 0 aliphatic carbocycles. The van der Waals surface area contributed by atoms with Crippen molar-refractivity contribution in [3.63, 3.8) is 0 Å². The monoisotopic (exact) mass is 512 g/mol. The molecule has 1 aromatic carbocycles. The highest BCUT2D eigenvalue weighted by Gasteiger charge is 2.19. The number of aromatic nitrogens is 1. The SMILES string of the molecule is COc1cc2nc(N(CCCN(C)C)C(=O)C=Cc3ccc([N+](=O)[O-])s3)sc2cc1OC.Cl. The Balaban J connectivity index is 0.00000385. The molecule has 0 saturated carbocycles. The molecule has 3 aromatic rings. The van der Waals surface area contributed by atoms with Crippen molar-refractivity contribution < 1.29 is 19.2 Å². The van der Waals surface area contributed by atoms with Gasteiger partial charge in [0.25, 0.3) is 5.91 Å². The lowest BCUT2D eigenvalue weighted by Gasteiger charge is -2.19. The Labute approximate surface area is 205 Å². The minimum absolute atomic E-state index is 0. The summed E-state index contributed by atoms with van der Waals surface area (Å²) in [6, 6.07) is 6.69. The van der Waals surface area contributed by atoms with E-state index in [0.717, 1.165) is 29.0 Å². The predicted molar refractivity (Wildman–Crippen MR) is 136 cm³/mol. The molecule has 0 unspecified atom stereocenters. The van der Waals surface area contributed by atoms with Crippen LogP contribution >= 0.6 is 35.1 Å². The molecule has 0 fully saturated rings. The van der Waals surface area contributed by atoms with Crippen LogP contribution in [0, 0.1) is 10.1 Å². The molecule has 12 heteroatoms. The summed E-state index contributed by atoms with van der Waals surface area (Å²) in [4.78, 5) is 32.5. The fraction of sp³-hybridized carbons (Fsp3) is 0.333. The summed E-state index contributed by atoms with van der Waals surface area (Å²) in [6.45, 7) is 1.30. The van der Waals surface area contributed by atoms with Gasteiger partial charge in [-0.25, -0.2) is 4.98 Å². The first-order valence-corrected chi connectivity index (χ1v) is 11.4.